The van der Waals surface area contributed by atoms with Gasteiger partial charge in [0.1, 0.15) is 12.2 Å². The first kappa shape index (κ1) is 21.9. The lowest BCUT2D eigenvalue weighted by Gasteiger charge is -2.40. The maximum Gasteiger partial charge on any atom is 0.410 e. The highest BCUT2D eigenvalue weighted by Crippen LogP contribution is 2.37. The van der Waals surface area contributed by atoms with Crippen LogP contribution < -0.4 is 0 Å². The minimum absolute atomic E-state index is 0.195. The van der Waals surface area contributed by atoms with Crippen molar-refractivity contribution in [3.63, 3.8) is 0 Å². The first-order valence-electron chi connectivity index (χ1n) is 10.5. The summed E-state index contributed by atoms with van der Waals surface area (Å²) in [5.41, 5.74) is 0.880. The molecule has 0 spiro atoms. The standard InChI is InChI=1S/C25H31NO4/c1-24(2,3)30-23(28)26-16-14-25(15-17-26,18-20-10-6-4-7-11-20)22(27)29-19-21-12-8-5-9-13-21/h4-13H,14-19H2,1-3H3. The number of esters is 1. The molecule has 0 N–H and O–H groups in total. The summed E-state index contributed by atoms with van der Waals surface area (Å²) >= 11 is 0. The third-order valence-corrected chi connectivity index (χ3v) is 5.40. The Labute approximate surface area is 179 Å². The molecule has 1 heterocycles. The fourth-order valence-electron chi connectivity index (χ4n) is 3.76. The van der Waals surface area contributed by atoms with Gasteiger partial charge >= 0.3 is 12.1 Å². The molecule has 0 bridgehead atoms. The maximum atomic E-state index is 13.2. The summed E-state index contributed by atoms with van der Waals surface area (Å²) in [6, 6.07) is 19.7. The monoisotopic (exact) mass is 409 g/mol. The number of rotatable bonds is 5. The molecule has 2 aromatic rings. The Morgan fingerprint density at radius 1 is 0.900 bits per heavy atom. The van der Waals surface area contributed by atoms with Crippen molar-refractivity contribution in [3.8, 4) is 0 Å². The molecule has 1 aliphatic heterocycles. The molecule has 3 rings (SSSR count). The van der Waals surface area contributed by atoms with E-state index in [0.717, 1.165) is 11.1 Å². The van der Waals surface area contributed by atoms with Crippen LogP contribution in [0.25, 0.3) is 0 Å². The summed E-state index contributed by atoms with van der Waals surface area (Å²) in [4.78, 5) is 27.4. The number of benzene rings is 2. The number of hydrogen-bond donors (Lipinski definition) is 0. The largest absolute Gasteiger partial charge is 0.460 e. The van der Waals surface area contributed by atoms with Crippen LogP contribution in [0.5, 0.6) is 0 Å². The van der Waals surface area contributed by atoms with Gasteiger partial charge in [-0.1, -0.05) is 60.7 Å². The quantitative estimate of drug-likeness (QED) is 0.653. The molecule has 0 aliphatic carbocycles. The summed E-state index contributed by atoms with van der Waals surface area (Å²) in [6.07, 6.45) is 1.38. The molecule has 1 saturated heterocycles. The van der Waals surface area contributed by atoms with Crippen molar-refractivity contribution < 1.29 is 19.1 Å². The zero-order chi connectivity index (χ0) is 21.6. The van der Waals surface area contributed by atoms with Gasteiger partial charge in [0.25, 0.3) is 0 Å². The number of likely N-dealkylation sites (tertiary alicyclic amines) is 1. The predicted octanol–water partition coefficient (Wildman–Crippen LogP) is 4.99. The normalized spacial score (nSPS) is 16.0. The first-order chi connectivity index (χ1) is 14.3. The van der Waals surface area contributed by atoms with Gasteiger partial charge in [0.05, 0.1) is 5.41 Å². The second-order valence-corrected chi connectivity index (χ2v) is 8.97. The van der Waals surface area contributed by atoms with Crippen LogP contribution in [0.1, 0.15) is 44.7 Å². The third-order valence-electron chi connectivity index (χ3n) is 5.40. The van der Waals surface area contributed by atoms with Gasteiger partial charge in [-0.3, -0.25) is 4.79 Å². The molecule has 0 unspecified atom stereocenters. The second kappa shape index (κ2) is 9.33. The molecular formula is C25H31NO4. The van der Waals surface area contributed by atoms with Gasteiger partial charge in [-0.05, 0) is 51.2 Å². The average molecular weight is 410 g/mol. The fourth-order valence-corrected chi connectivity index (χ4v) is 3.76. The number of carbonyl (C=O) groups is 2. The van der Waals surface area contributed by atoms with Gasteiger partial charge in [-0.25, -0.2) is 4.79 Å². The van der Waals surface area contributed by atoms with Gasteiger partial charge in [0.15, 0.2) is 0 Å². The maximum absolute atomic E-state index is 13.2. The van der Waals surface area contributed by atoms with Crippen molar-refractivity contribution in [1.29, 1.82) is 0 Å². The van der Waals surface area contributed by atoms with Crippen LogP contribution in [0.3, 0.4) is 0 Å². The van der Waals surface area contributed by atoms with Crippen molar-refractivity contribution in [2.75, 3.05) is 13.1 Å². The summed E-state index contributed by atoms with van der Waals surface area (Å²) in [5.74, 6) is -0.195. The van der Waals surface area contributed by atoms with Crippen LogP contribution in [0.15, 0.2) is 60.7 Å². The number of hydrogen-bond acceptors (Lipinski definition) is 4. The number of piperidine rings is 1. The summed E-state index contributed by atoms with van der Waals surface area (Å²) in [7, 11) is 0. The van der Waals surface area contributed by atoms with E-state index in [-0.39, 0.29) is 18.7 Å². The minimum Gasteiger partial charge on any atom is -0.460 e. The summed E-state index contributed by atoms with van der Waals surface area (Å²) in [6.45, 7) is 6.77. The molecule has 0 radical (unpaired) electrons. The lowest BCUT2D eigenvalue weighted by atomic mass is 9.74. The van der Waals surface area contributed by atoms with E-state index in [1.165, 1.54) is 0 Å². The molecule has 5 nitrogen and oxygen atoms in total. The Hall–Kier alpha value is -2.82. The number of nitrogens with zero attached hydrogens (tertiary/aromatic N) is 1. The van der Waals surface area contributed by atoms with E-state index < -0.39 is 11.0 Å². The zero-order valence-corrected chi connectivity index (χ0v) is 18.1. The molecule has 2 aromatic carbocycles. The van der Waals surface area contributed by atoms with Crippen LogP contribution >= 0.6 is 0 Å². The number of amides is 1. The molecule has 30 heavy (non-hydrogen) atoms. The molecule has 5 heteroatoms. The first-order valence-corrected chi connectivity index (χ1v) is 10.5. The molecule has 160 valence electrons. The second-order valence-electron chi connectivity index (χ2n) is 8.97. The Kier molecular flexibility index (Phi) is 6.80. The molecule has 1 amide bonds. The van der Waals surface area contributed by atoms with Gasteiger partial charge in [0.2, 0.25) is 0 Å². The smallest absolute Gasteiger partial charge is 0.410 e. The van der Waals surface area contributed by atoms with Crippen molar-refractivity contribution in [2.24, 2.45) is 5.41 Å². The fraction of sp³-hybridized carbons (Fsp3) is 0.440. The van der Waals surface area contributed by atoms with Gasteiger partial charge in [-0.2, -0.15) is 0 Å². The highest BCUT2D eigenvalue weighted by Gasteiger charge is 2.44. The molecule has 1 aliphatic rings. The predicted molar refractivity (Wildman–Crippen MR) is 116 cm³/mol. The van der Waals surface area contributed by atoms with E-state index in [2.05, 4.69) is 0 Å². The van der Waals surface area contributed by atoms with E-state index in [9.17, 15) is 9.59 Å². The van der Waals surface area contributed by atoms with E-state index in [1.807, 2.05) is 81.4 Å². The highest BCUT2D eigenvalue weighted by atomic mass is 16.6. The van der Waals surface area contributed by atoms with E-state index in [0.29, 0.717) is 32.4 Å². The van der Waals surface area contributed by atoms with Crippen molar-refractivity contribution in [3.05, 3.63) is 71.8 Å². The van der Waals surface area contributed by atoms with Crippen LogP contribution in [0, 0.1) is 5.41 Å². The van der Waals surface area contributed by atoms with Gasteiger partial charge < -0.3 is 14.4 Å². The molecule has 0 saturated carbocycles. The number of ether oxygens (including phenoxy) is 2. The molecule has 1 fully saturated rings. The van der Waals surface area contributed by atoms with Crippen LogP contribution in [0.2, 0.25) is 0 Å². The summed E-state index contributed by atoms with van der Waals surface area (Å²) < 4.78 is 11.2. The molecule has 0 aromatic heterocycles. The van der Waals surface area contributed by atoms with E-state index in [4.69, 9.17) is 9.47 Å². The van der Waals surface area contributed by atoms with Crippen LogP contribution in [-0.2, 0) is 27.3 Å². The van der Waals surface area contributed by atoms with Gasteiger partial charge in [0, 0.05) is 13.1 Å². The Balaban J connectivity index is 1.71. The molecular weight excluding hydrogens is 378 g/mol. The Bertz CT molecular complexity index is 834. The Morgan fingerprint density at radius 3 is 1.97 bits per heavy atom. The molecule has 0 atom stereocenters. The van der Waals surface area contributed by atoms with Crippen LogP contribution in [0.4, 0.5) is 4.79 Å². The number of carbonyl (C=O) groups excluding carboxylic acids is 2. The minimum atomic E-state index is -0.644. The van der Waals surface area contributed by atoms with E-state index in [1.54, 1.807) is 4.90 Å². The summed E-state index contributed by atoms with van der Waals surface area (Å²) in [5, 5.41) is 0. The topological polar surface area (TPSA) is 55.8 Å². The van der Waals surface area contributed by atoms with Gasteiger partial charge in [-0.15, -0.1) is 0 Å². The zero-order valence-electron chi connectivity index (χ0n) is 18.1. The average Bonchev–Trinajstić information content (AvgIpc) is 2.72. The van der Waals surface area contributed by atoms with E-state index >= 15 is 0 Å². The highest BCUT2D eigenvalue weighted by molar-refractivity contribution is 5.78. The lowest BCUT2D eigenvalue weighted by molar-refractivity contribution is -0.160. The van der Waals surface area contributed by atoms with Crippen molar-refractivity contribution in [1.82, 2.24) is 4.90 Å². The third kappa shape index (κ3) is 5.85. The van der Waals surface area contributed by atoms with Crippen LogP contribution in [-0.4, -0.2) is 35.7 Å². The lowest BCUT2D eigenvalue weighted by Crippen LogP contribution is -2.49. The Morgan fingerprint density at radius 2 is 1.43 bits per heavy atom. The van der Waals surface area contributed by atoms with Crippen molar-refractivity contribution in [2.45, 2.75) is 52.2 Å². The SMILES string of the molecule is CC(C)(C)OC(=O)N1CCC(Cc2ccccc2)(C(=O)OCc2ccccc2)CC1. The van der Waals surface area contributed by atoms with Crippen molar-refractivity contribution >= 4 is 12.1 Å².